The Bertz CT molecular complexity index is 3540. The highest BCUT2D eigenvalue weighted by molar-refractivity contribution is 6.06. The van der Waals surface area contributed by atoms with Gasteiger partial charge in [-0.1, -0.05) is 159 Å². The topological polar surface area (TPSA) is 38.9 Å². The molecule has 12 rings (SSSR count). The number of nitrogens with zero attached hydrogens (tertiary/aromatic N) is 2. The summed E-state index contributed by atoms with van der Waals surface area (Å²) < 4.78 is 6.45. The number of rotatable bonds is 6. The molecule has 0 saturated carbocycles. The summed E-state index contributed by atoms with van der Waals surface area (Å²) in [7, 11) is 0. The highest BCUT2D eigenvalue weighted by Gasteiger charge is 2.37. The summed E-state index contributed by atoms with van der Waals surface area (Å²) in [5.74, 6) is 0.682. The van der Waals surface area contributed by atoms with Gasteiger partial charge < -0.3 is 4.42 Å². The van der Waals surface area contributed by atoms with Gasteiger partial charge >= 0.3 is 0 Å². The maximum absolute atomic E-state index is 6.45. The minimum Gasteiger partial charge on any atom is -0.456 e. The highest BCUT2D eigenvalue weighted by atomic mass is 16.3. The second kappa shape index (κ2) is 14.1. The lowest BCUT2D eigenvalue weighted by Gasteiger charge is -2.22. The van der Waals surface area contributed by atoms with Crippen LogP contribution in [0.4, 0.5) is 0 Å². The Kier molecular flexibility index (Phi) is 8.20. The molecular formula is C59H40N2O. The summed E-state index contributed by atoms with van der Waals surface area (Å²) in [5.41, 5.74) is 18.4. The van der Waals surface area contributed by atoms with Crippen molar-refractivity contribution in [2.75, 3.05) is 0 Å². The zero-order valence-electron chi connectivity index (χ0n) is 34.4. The molecule has 3 nitrogen and oxygen atoms in total. The molecule has 0 N–H and O–H groups in total. The van der Waals surface area contributed by atoms with E-state index in [4.69, 9.17) is 14.4 Å². The summed E-state index contributed by atoms with van der Waals surface area (Å²) in [6.07, 6.45) is 0. The minimum atomic E-state index is -0.169. The number of furan rings is 1. The van der Waals surface area contributed by atoms with Crippen molar-refractivity contribution in [1.29, 1.82) is 0 Å². The number of para-hydroxylation sites is 1. The van der Waals surface area contributed by atoms with Crippen molar-refractivity contribution < 1.29 is 4.42 Å². The van der Waals surface area contributed by atoms with Crippen LogP contribution < -0.4 is 0 Å². The maximum atomic E-state index is 6.45. The molecule has 1 aliphatic carbocycles. The van der Waals surface area contributed by atoms with E-state index in [9.17, 15) is 0 Å². The smallest absolute Gasteiger partial charge is 0.160 e. The molecule has 0 bridgehead atoms. The molecule has 2 aromatic heterocycles. The lowest BCUT2D eigenvalue weighted by Crippen LogP contribution is -2.14. The summed E-state index contributed by atoms with van der Waals surface area (Å²) in [5, 5.41) is 4.74. The maximum Gasteiger partial charge on any atom is 0.160 e. The molecule has 0 saturated heterocycles. The molecule has 1 aliphatic rings. The van der Waals surface area contributed by atoms with Crippen LogP contribution >= 0.6 is 0 Å². The molecule has 3 heteroatoms. The summed E-state index contributed by atoms with van der Waals surface area (Å²) in [4.78, 5) is 10.6. The van der Waals surface area contributed by atoms with Crippen LogP contribution in [-0.2, 0) is 5.41 Å². The van der Waals surface area contributed by atoms with Gasteiger partial charge in [-0.05, 0) is 127 Å². The molecule has 62 heavy (non-hydrogen) atoms. The van der Waals surface area contributed by atoms with Gasteiger partial charge in [0.05, 0.1) is 11.4 Å². The first-order chi connectivity index (χ1) is 30.4. The SMILES string of the molecule is CC1(C)c2cc3ccccc3cc2-c2c(-c3cc(-c4ccc5c(c4)oc4ccccc45)cc(-c4cc(-c5cccc(-c6ccccc6)c5)nc(-c5ccccc5)n4)c3)cccc21. The van der Waals surface area contributed by atoms with Gasteiger partial charge in [-0.3, -0.25) is 0 Å². The largest absolute Gasteiger partial charge is 0.456 e. The molecule has 0 unspecified atom stereocenters. The van der Waals surface area contributed by atoms with Gasteiger partial charge in [0, 0.05) is 32.9 Å². The van der Waals surface area contributed by atoms with E-state index >= 15 is 0 Å². The minimum absolute atomic E-state index is 0.169. The fourth-order valence-corrected chi connectivity index (χ4v) is 9.66. The summed E-state index contributed by atoms with van der Waals surface area (Å²) in [6.45, 7) is 4.72. The monoisotopic (exact) mass is 792 g/mol. The second-order valence-electron chi connectivity index (χ2n) is 17.0. The van der Waals surface area contributed by atoms with Crippen molar-refractivity contribution in [3.8, 4) is 78.4 Å². The molecule has 0 aliphatic heterocycles. The third-order valence-electron chi connectivity index (χ3n) is 12.8. The number of aromatic nitrogens is 2. The average molecular weight is 793 g/mol. The first kappa shape index (κ1) is 36.0. The van der Waals surface area contributed by atoms with E-state index in [0.717, 1.165) is 72.3 Å². The zero-order valence-corrected chi connectivity index (χ0v) is 34.4. The van der Waals surface area contributed by atoms with Crippen molar-refractivity contribution in [1.82, 2.24) is 9.97 Å². The number of hydrogen-bond acceptors (Lipinski definition) is 3. The standard InChI is InChI=1S/C59H40N2O/c1-59(2)51-25-14-24-47(57(51)50-33-40-19-9-10-20-41(40)34-52(50)59)45-30-44(42-27-28-49-48-23-11-12-26-55(48)62-56(49)35-42)31-46(32-45)54-36-53(60-58(61-54)38-17-7-4-8-18-38)43-22-13-21-39(29-43)37-15-5-3-6-16-37/h3-36H,1-2H3. The van der Waals surface area contributed by atoms with Gasteiger partial charge in [0.25, 0.3) is 0 Å². The van der Waals surface area contributed by atoms with Crippen LogP contribution in [0.1, 0.15) is 25.0 Å². The van der Waals surface area contributed by atoms with E-state index < -0.39 is 0 Å². The lowest BCUT2D eigenvalue weighted by molar-refractivity contribution is 0.661. The van der Waals surface area contributed by atoms with Crippen molar-refractivity contribution in [3.05, 3.63) is 217 Å². The van der Waals surface area contributed by atoms with Gasteiger partial charge in [0.15, 0.2) is 5.82 Å². The predicted octanol–water partition coefficient (Wildman–Crippen LogP) is 15.8. The van der Waals surface area contributed by atoms with Crippen molar-refractivity contribution in [3.63, 3.8) is 0 Å². The van der Waals surface area contributed by atoms with Crippen LogP contribution in [0.15, 0.2) is 211 Å². The van der Waals surface area contributed by atoms with Gasteiger partial charge in [0.1, 0.15) is 11.2 Å². The van der Waals surface area contributed by atoms with Crippen LogP contribution in [0.25, 0.3) is 111 Å². The van der Waals surface area contributed by atoms with Gasteiger partial charge in [0.2, 0.25) is 0 Å². The van der Waals surface area contributed by atoms with Gasteiger partial charge in [-0.25, -0.2) is 9.97 Å². The quantitative estimate of drug-likeness (QED) is 0.168. The van der Waals surface area contributed by atoms with Gasteiger partial charge in [-0.2, -0.15) is 0 Å². The molecule has 11 aromatic rings. The van der Waals surface area contributed by atoms with E-state index in [0.29, 0.717) is 5.82 Å². The van der Waals surface area contributed by atoms with Gasteiger partial charge in [-0.15, -0.1) is 0 Å². The van der Waals surface area contributed by atoms with E-state index in [-0.39, 0.29) is 5.41 Å². The van der Waals surface area contributed by atoms with Crippen LogP contribution in [0.3, 0.4) is 0 Å². The molecule has 0 amide bonds. The first-order valence-electron chi connectivity index (χ1n) is 21.3. The van der Waals surface area contributed by atoms with Crippen molar-refractivity contribution >= 4 is 32.7 Å². The highest BCUT2D eigenvalue weighted by Crippen LogP contribution is 2.53. The molecule has 0 radical (unpaired) electrons. The lowest BCUT2D eigenvalue weighted by atomic mass is 9.81. The summed E-state index contributed by atoms with van der Waals surface area (Å²) >= 11 is 0. The summed E-state index contributed by atoms with van der Waals surface area (Å²) in [6, 6.07) is 73.8. The number of hydrogen-bond donors (Lipinski definition) is 0. The Balaban J connectivity index is 1.10. The number of fused-ring (bicyclic) bond motifs is 7. The number of benzene rings is 9. The van der Waals surface area contributed by atoms with Crippen LogP contribution in [0.5, 0.6) is 0 Å². The fourth-order valence-electron chi connectivity index (χ4n) is 9.66. The Morgan fingerprint density at radius 2 is 0.952 bits per heavy atom. The first-order valence-corrected chi connectivity index (χ1v) is 21.3. The van der Waals surface area contributed by atoms with E-state index in [2.05, 4.69) is 190 Å². The van der Waals surface area contributed by atoms with Crippen LogP contribution in [0, 0.1) is 0 Å². The van der Waals surface area contributed by atoms with E-state index in [1.54, 1.807) is 0 Å². The molecule has 9 aromatic carbocycles. The van der Waals surface area contributed by atoms with Crippen molar-refractivity contribution in [2.24, 2.45) is 0 Å². The zero-order chi connectivity index (χ0) is 41.4. The Hall–Kier alpha value is -7.88. The normalized spacial score (nSPS) is 12.8. The molecule has 292 valence electrons. The third kappa shape index (κ3) is 5.96. The third-order valence-corrected chi connectivity index (χ3v) is 12.8. The molecule has 2 heterocycles. The van der Waals surface area contributed by atoms with E-state index in [1.807, 2.05) is 30.3 Å². The Morgan fingerprint density at radius 1 is 0.355 bits per heavy atom. The molecule has 0 atom stereocenters. The van der Waals surface area contributed by atoms with Crippen LogP contribution in [-0.4, -0.2) is 9.97 Å². The molecule has 0 spiro atoms. The van der Waals surface area contributed by atoms with Crippen molar-refractivity contribution in [2.45, 2.75) is 19.3 Å². The predicted molar refractivity (Wildman–Crippen MR) is 257 cm³/mol. The molecular weight excluding hydrogens is 753 g/mol. The van der Waals surface area contributed by atoms with E-state index in [1.165, 1.54) is 44.2 Å². The fraction of sp³-hybridized carbons (Fsp3) is 0.0508. The Morgan fingerprint density at radius 3 is 1.77 bits per heavy atom. The molecule has 0 fully saturated rings. The Labute approximate surface area is 360 Å². The second-order valence-corrected chi connectivity index (χ2v) is 17.0. The van der Waals surface area contributed by atoms with Crippen LogP contribution in [0.2, 0.25) is 0 Å². The average Bonchev–Trinajstić information content (AvgIpc) is 3.82.